The normalized spacial score (nSPS) is 31.5. The molecule has 1 aromatic carbocycles. The van der Waals surface area contributed by atoms with E-state index < -0.39 is 47.6 Å². The molecule has 34 heavy (non-hydrogen) atoms. The van der Waals surface area contributed by atoms with Gasteiger partial charge in [0.15, 0.2) is 17.6 Å². The number of methoxy groups -OCH3 is 1. The third-order valence-corrected chi connectivity index (χ3v) is 7.73. The first-order chi connectivity index (χ1) is 16.1. The third kappa shape index (κ3) is 2.98. The maximum Gasteiger partial charge on any atom is 0.345 e. The van der Waals surface area contributed by atoms with Gasteiger partial charge in [0.1, 0.15) is 5.76 Å². The van der Waals surface area contributed by atoms with Gasteiger partial charge in [0.2, 0.25) is 6.10 Å². The van der Waals surface area contributed by atoms with E-state index in [-0.39, 0.29) is 18.2 Å². The molecule has 2 heterocycles. The summed E-state index contributed by atoms with van der Waals surface area (Å²) in [6.07, 6.45) is 0.0411. The SMILES string of the molecule is COc1ccc2c3c1O[C@H]1C(OC(=O)C[C@H](OC(C)=O)C(=O)O)=CC[C@@]4(O)C(C2)N(C)CC[C@]314. The Hall–Kier alpha value is -3.11. The molecule has 0 aromatic heterocycles. The van der Waals surface area contributed by atoms with Crippen molar-refractivity contribution in [1.29, 1.82) is 0 Å². The van der Waals surface area contributed by atoms with E-state index in [2.05, 4.69) is 4.90 Å². The number of benzene rings is 1. The van der Waals surface area contributed by atoms with Crippen LogP contribution in [0, 0.1) is 0 Å². The van der Waals surface area contributed by atoms with Crippen LogP contribution in [0.2, 0.25) is 0 Å². The van der Waals surface area contributed by atoms with Crippen molar-refractivity contribution >= 4 is 17.9 Å². The molecule has 182 valence electrons. The zero-order chi connectivity index (χ0) is 24.4. The number of carbonyl (C=O) groups is 3. The minimum Gasteiger partial charge on any atom is -0.493 e. The summed E-state index contributed by atoms with van der Waals surface area (Å²) in [4.78, 5) is 37.4. The van der Waals surface area contributed by atoms with Crippen LogP contribution in [0.1, 0.15) is 37.3 Å². The Kier molecular flexibility index (Phi) is 5.14. The number of nitrogens with zero attached hydrogens (tertiary/aromatic N) is 1. The fourth-order valence-corrected chi connectivity index (χ4v) is 6.29. The van der Waals surface area contributed by atoms with E-state index in [1.54, 1.807) is 13.2 Å². The maximum atomic E-state index is 12.7. The third-order valence-electron chi connectivity index (χ3n) is 7.73. The van der Waals surface area contributed by atoms with Crippen molar-refractivity contribution in [2.75, 3.05) is 20.7 Å². The summed E-state index contributed by atoms with van der Waals surface area (Å²) in [5.74, 6) is -1.82. The summed E-state index contributed by atoms with van der Waals surface area (Å²) in [5, 5.41) is 21.4. The number of esters is 2. The van der Waals surface area contributed by atoms with Gasteiger partial charge in [0, 0.05) is 24.9 Å². The van der Waals surface area contributed by atoms with E-state index in [1.807, 2.05) is 19.2 Å². The van der Waals surface area contributed by atoms with Crippen LogP contribution in [0.25, 0.3) is 0 Å². The van der Waals surface area contributed by atoms with E-state index in [4.69, 9.17) is 18.9 Å². The van der Waals surface area contributed by atoms with Crippen molar-refractivity contribution in [3.63, 3.8) is 0 Å². The highest BCUT2D eigenvalue weighted by Crippen LogP contribution is 2.65. The van der Waals surface area contributed by atoms with Gasteiger partial charge >= 0.3 is 17.9 Å². The minimum atomic E-state index is -1.65. The quantitative estimate of drug-likeness (QED) is 0.575. The molecule has 5 rings (SSSR count). The Bertz CT molecular complexity index is 1110. The summed E-state index contributed by atoms with van der Waals surface area (Å²) in [6, 6.07) is 3.69. The molecular formula is C24H27NO9. The lowest BCUT2D eigenvalue weighted by atomic mass is 9.50. The Morgan fingerprint density at radius 2 is 2.09 bits per heavy atom. The Labute approximate surface area is 196 Å². The molecule has 1 fully saturated rings. The number of hydrogen-bond donors (Lipinski definition) is 2. The standard InChI is InChI=1S/C24H27NO9/c1-12(26)32-16(22(28)29)11-18(27)33-15-6-7-24(30)17-10-13-4-5-14(31-3)20-19(13)23(24,21(15)34-20)8-9-25(17)2/h4-6,16-17,21,30H,7-11H2,1-3H3,(H,28,29)/t16-,17?,21-,23-,24+/m0/s1. The zero-order valence-corrected chi connectivity index (χ0v) is 19.2. The van der Waals surface area contributed by atoms with Crippen LogP contribution in [-0.2, 0) is 35.7 Å². The first-order valence-corrected chi connectivity index (χ1v) is 11.2. The van der Waals surface area contributed by atoms with Crippen molar-refractivity contribution in [3.8, 4) is 11.5 Å². The number of likely N-dealkylation sites (tertiary alicyclic amines) is 1. The van der Waals surface area contributed by atoms with Gasteiger partial charge in [-0.15, -0.1) is 0 Å². The lowest BCUT2D eigenvalue weighted by Gasteiger charge is -2.61. The van der Waals surface area contributed by atoms with E-state index in [0.29, 0.717) is 24.3 Å². The monoisotopic (exact) mass is 473 g/mol. The molecule has 1 spiro atoms. The van der Waals surface area contributed by atoms with Crippen molar-refractivity contribution in [2.45, 2.75) is 61.9 Å². The fraction of sp³-hybridized carbons (Fsp3) is 0.542. The van der Waals surface area contributed by atoms with Crippen LogP contribution in [-0.4, -0.2) is 77.6 Å². The summed E-state index contributed by atoms with van der Waals surface area (Å²) in [6.45, 7) is 1.79. The Morgan fingerprint density at radius 1 is 1.32 bits per heavy atom. The second-order valence-electron chi connectivity index (χ2n) is 9.40. The molecule has 10 nitrogen and oxygen atoms in total. The predicted octanol–water partition coefficient (Wildman–Crippen LogP) is 0.922. The minimum absolute atomic E-state index is 0.145. The van der Waals surface area contributed by atoms with Crippen molar-refractivity contribution in [3.05, 3.63) is 35.1 Å². The summed E-state index contributed by atoms with van der Waals surface area (Å²) in [7, 11) is 3.54. The second kappa shape index (κ2) is 7.71. The largest absolute Gasteiger partial charge is 0.493 e. The van der Waals surface area contributed by atoms with Crippen LogP contribution in [0.3, 0.4) is 0 Å². The number of ether oxygens (including phenoxy) is 4. The molecule has 1 aromatic rings. The van der Waals surface area contributed by atoms with Gasteiger partial charge in [-0.3, -0.25) is 9.59 Å². The molecule has 0 amide bonds. The number of aliphatic hydroxyl groups is 1. The van der Waals surface area contributed by atoms with Crippen LogP contribution in [0.5, 0.6) is 11.5 Å². The van der Waals surface area contributed by atoms with Crippen molar-refractivity contribution in [2.24, 2.45) is 0 Å². The number of aliphatic carboxylic acids is 1. The highest BCUT2D eigenvalue weighted by molar-refractivity contribution is 5.83. The summed E-state index contributed by atoms with van der Waals surface area (Å²) >= 11 is 0. The summed E-state index contributed by atoms with van der Waals surface area (Å²) in [5.41, 5.74) is -0.0257. The van der Waals surface area contributed by atoms with Gasteiger partial charge < -0.3 is 34.1 Å². The second-order valence-corrected chi connectivity index (χ2v) is 9.40. The number of carboxylic acids is 1. The molecule has 0 radical (unpaired) electrons. The molecule has 2 aliphatic heterocycles. The van der Waals surface area contributed by atoms with Gasteiger partial charge in [-0.05, 0) is 44.1 Å². The fourth-order valence-electron chi connectivity index (χ4n) is 6.29. The number of carboxylic acid groups (broad SMARTS) is 1. The molecule has 1 unspecified atom stereocenters. The number of piperidine rings is 1. The first kappa shape index (κ1) is 22.7. The lowest BCUT2D eigenvalue weighted by Crippen LogP contribution is -2.74. The molecule has 2 N–H and O–H groups in total. The smallest absolute Gasteiger partial charge is 0.345 e. The van der Waals surface area contributed by atoms with Crippen LogP contribution in [0.15, 0.2) is 24.0 Å². The first-order valence-electron chi connectivity index (χ1n) is 11.2. The van der Waals surface area contributed by atoms with Gasteiger partial charge in [0.05, 0.1) is 24.5 Å². The van der Waals surface area contributed by atoms with Crippen molar-refractivity contribution < 1.29 is 43.5 Å². The number of hydrogen-bond acceptors (Lipinski definition) is 9. The summed E-state index contributed by atoms with van der Waals surface area (Å²) < 4.78 is 22.3. The molecule has 2 bridgehead atoms. The van der Waals surface area contributed by atoms with Gasteiger partial charge in [-0.1, -0.05) is 6.07 Å². The lowest BCUT2D eigenvalue weighted by molar-refractivity contribution is -0.173. The predicted molar refractivity (Wildman–Crippen MR) is 115 cm³/mol. The van der Waals surface area contributed by atoms with Crippen LogP contribution < -0.4 is 9.47 Å². The van der Waals surface area contributed by atoms with E-state index >= 15 is 0 Å². The average molecular weight is 473 g/mol. The van der Waals surface area contributed by atoms with Gasteiger partial charge in [-0.25, -0.2) is 4.79 Å². The molecule has 2 aliphatic carbocycles. The van der Waals surface area contributed by atoms with Gasteiger partial charge in [0.25, 0.3) is 0 Å². The highest BCUT2D eigenvalue weighted by atomic mass is 16.6. The van der Waals surface area contributed by atoms with Gasteiger partial charge in [-0.2, -0.15) is 0 Å². The Balaban J connectivity index is 1.52. The molecule has 10 heteroatoms. The average Bonchev–Trinajstić information content (AvgIpc) is 3.13. The van der Waals surface area contributed by atoms with E-state index in [1.165, 1.54) is 0 Å². The molecule has 5 atom stereocenters. The van der Waals surface area contributed by atoms with Crippen molar-refractivity contribution in [1.82, 2.24) is 4.90 Å². The maximum absolute atomic E-state index is 12.7. The molecule has 0 saturated carbocycles. The Morgan fingerprint density at radius 3 is 2.76 bits per heavy atom. The molecule has 4 aliphatic rings. The highest BCUT2D eigenvalue weighted by Gasteiger charge is 2.72. The number of likely N-dealkylation sites (N-methyl/N-ethyl adjacent to an activating group) is 1. The van der Waals surface area contributed by atoms with E-state index in [9.17, 15) is 24.6 Å². The number of rotatable bonds is 6. The van der Waals surface area contributed by atoms with Crippen LogP contribution in [0.4, 0.5) is 0 Å². The zero-order valence-electron chi connectivity index (χ0n) is 19.2. The number of carbonyl (C=O) groups excluding carboxylic acids is 2. The van der Waals surface area contributed by atoms with E-state index in [0.717, 1.165) is 24.6 Å². The molecule has 1 saturated heterocycles. The topological polar surface area (TPSA) is 132 Å². The molecular weight excluding hydrogens is 446 g/mol. The van der Waals surface area contributed by atoms with Crippen LogP contribution >= 0.6 is 0 Å².